The van der Waals surface area contributed by atoms with Gasteiger partial charge in [-0.25, -0.2) is 9.67 Å². The molecule has 0 bridgehead atoms. The van der Waals surface area contributed by atoms with Crippen molar-refractivity contribution in [3.05, 3.63) is 40.8 Å². The van der Waals surface area contributed by atoms with E-state index in [0.29, 0.717) is 0 Å². The molecule has 1 aliphatic carbocycles. The van der Waals surface area contributed by atoms with Crippen molar-refractivity contribution in [2.24, 2.45) is 0 Å². The lowest BCUT2D eigenvalue weighted by atomic mass is 10.2. The Kier molecular flexibility index (Phi) is 3.94. The monoisotopic (exact) mass is 320 g/mol. The molecule has 4 nitrogen and oxygen atoms in total. The summed E-state index contributed by atoms with van der Waals surface area (Å²) in [5.41, 5.74) is 1.27. The third-order valence-corrected chi connectivity index (χ3v) is 3.70. The van der Waals surface area contributed by atoms with E-state index >= 15 is 0 Å². The smallest absolute Gasteiger partial charge is 0.153 e. The quantitative estimate of drug-likeness (QED) is 0.832. The van der Waals surface area contributed by atoms with Crippen LogP contribution in [0.2, 0.25) is 0 Å². The summed E-state index contributed by atoms with van der Waals surface area (Å²) in [7, 11) is 0. The van der Waals surface area contributed by atoms with E-state index in [1.807, 2.05) is 23.0 Å². The van der Waals surface area contributed by atoms with Crippen molar-refractivity contribution >= 4 is 15.9 Å². The van der Waals surface area contributed by atoms with Crippen molar-refractivity contribution in [2.45, 2.75) is 31.7 Å². The first-order valence-electron chi connectivity index (χ1n) is 6.70. The van der Waals surface area contributed by atoms with Crippen molar-refractivity contribution in [3.63, 3.8) is 0 Å². The molecule has 0 radical (unpaired) electrons. The molecule has 0 atom stereocenters. The van der Waals surface area contributed by atoms with Crippen molar-refractivity contribution in [3.8, 4) is 5.82 Å². The number of nitrogens with one attached hydrogen (secondary N) is 1. The summed E-state index contributed by atoms with van der Waals surface area (Å²) in [5, 5.41) is 7.89. The summed E-state index contributed by atoms with van der Waals surface area (Å²) < 4.78 is 2.81. The Morgan fingerprint density at radius 3 is 2.95 bits per heavy atom. The SMILES string of the molecule is Brc1ccc(-n2cc(CCCNC3CC3)cn2)nc1. The van der Waals surface area contributed by atoms with Gasteiger partial charge in [0.15, 0.2) is 5.82 Å². The molecule has 2 heterocycles. The Balaban J connectivity index is 1.54. The normalized spacial score (nSPS) is 14.8. The molecule has 2 aromatic rings. The second-order valence-corrected chi connectivity index (χ2v) is 5.88. The predicted octanol–water partition coefficient (Wildman–Crippen LogP) is 2.71. The lowest BCUT2D eigenvalue weighted by Gasteiger charge is -2.01. The number of pyridine rings is 1. The summed E-state index contributed by atoms with van der Waals surface area (Å²) >= 11 is 3.38. The highest BCUT2D eigenvalue weighted by atomic mass is 79.9. The largest absolute Gasteiger partial charge is 0.314 e. The molecule has 5 heteroatoms. The number of aryl methyl sites for hydroxylation is 1. The van der Waals surface area contributed by atoms with Gasteiger partial charge in [0.1, 0.15) is 0 Å². The Labute approximate surface area is 121 Å². The van der Waals surface area contributed by atoms with E-state index < -0.39 is 0 Å². The van der Waals surface area contributed by atoms with Crippen molar-refractivity contribution in [1.82, 2.24) is 20.1 Å². The fourth-order valence-electron chi connectivity index (χ4n) is 2.00. The molecule has 1 saturated carbocycles. The minimum atomic E-state index is 0.801. The molecule has 1 aliphatic rings. The fraction of sp³-hybridized carbons (Fsp3) is 0.429. The van der Waals surface area contributed by atoms with E-state index in [0.717, 1.165) is 35.7 Å². The van der Waals surface area contributed by atoms with E-state index in [1.165, 1.54) is 18.4 Å². The molecule has 0 spiro atoms. The molecule has 0 saturated heterocycles. The van der Waals surface area contributed by atoms with Gasteiger partial charge in [-0.15, -0.1) is 0 Å². The summed E-state index contributed by atoms with van der Waals surface area (Å²) in [6.07, 6.45) is 10.7. The first kappa shape index (κ1) is 12.8. The van der Waals surface area contributed by atoms with Gasteiger partial charge in [0, 0.05) is 22.9 Å². The van der Waals surface area contributed by atoms with Gasteiger partial charge < -0.3 is 5.32 Å². The number of hydrogen-bond acceptors (Lipinski definition) is 3. The summed E-state index contributed by atoms with van der Waals surface area (Å²) in [4.78, 5) is 4.33. The topological polar surface area (TPSA) is 42.7 Å². The van der Waals surface area contributed by atoms with Gasteiger partial charge in [-0.1, -0.05) is 0 Å². The van der Waals surface area contributed by atoms with Crippen molar-refractivity contribution in [1.29, 1.82) is 0 Å². The summed E-state index contributed by atoms with van der Waals surface area (Å²) in [5.74, 6) is 0.852. The number of hydrogen-bond donors (Lipinski definition) is 1. The lowest BCUT2D eigenvalue weighted by molar-refractivity contribution is 0.645. The molecule has 3 rings (SSSR count). The van der Waals surface area contributed by atoms with Crippen LogP contribution in [0.5, 0.6) is 0 Å². The fourth-order valence-corrected chi connectivity index (χ4v) is 2.24. The average Bonchev–Trinajstić information content (AvgIpc) is 3.13. The Morgan fingerprint density at radius 2 is 2.21 bits per heavy atom. The van der Waals surface area contributed by atoms with Crippen LogP contribution in [0.1, 0.15) is 24.8 Å². The third-order valence-electron chi connectivity index (χ3n) is 3.24. The first-order chi connectivity index (χ1) is 9.31. The zero-order valence-electron chi connectivity index (χ0n) is 10.7. The molecule has 0 unspecified atom stereocenters. The number of halogens is 1. The maximum absolute atomic E-state index is 4.36. The Bertz CT molecular complexity index is 531. The molecule has 100 valence electrons. The molecule has 1 fully saturated rings. The van der Waals surface area contributed by atoms with Gasteiger partial charge in [-0.05, 0) is 65.9 Å². The van der Waals surface area contributed by atoms with Crippen molar-refractivity contribution in [2.75, 3.05) is 6.54 Å². The highest BCUT2D eigenvalue weighted by molar-refractivity contribution is 9.10. The highest BCUT2D eigenvalue weighted by Gasteiger charge is 2.19. The predicted molar refractivity (Wildman–Crippen MR) is 78.4 cm³/mol. The van der Waals surface area contributed by atoms with Gasteiger partial charge in [0.2, 0.25) is 0 Å². The second kappa shape index (κ2) is 5.84. The van der Waals surface area contributed by atoms with Gasteiger partial charge in [0.25, 0.3) is 0 Å². The van der Waals surface area contributed by atoms with Crippen molar-refractivity contribution < 1.29 is 0 Å². The van der Waals surface area contributed by atoms with Crippen LogP contribution in [0.25, 0.3) is 5.82 Å². The van der Waals surface area contributed by atoms with Gasteiger partial charge in [-0.3, -0.25) is 0 Å². The van der Waals surface area contributed by atoms with E-state index in [4.69, 9.17) is 0 Å². The molecule has 0 amide bonds. The van der Waals surface area contributed by atoms with Crippen LogP contribution in [0.3, 0.4) is 0 Å². The van der Waals surface area contributed by atoms with E-state index in [2.05, 4.69) is 37.5 Å². The summed E-state index contributed by atoms with van der Waals surface area (Å²) in [6.45, 7) is 1.10. The van der Waals surface area contributed by atoms with E-state index in [9.17, 15) is 0 Å². The van der Waals surface area contributed by atoms with E-state index in [1.54, 1.807) is 6.20 Å². The van der Waals surface area contributed by atoms with Crippen LogP contribution in [-0.4, -0.2) is 27.4 Å². The standard InChI is InChI=1S/C14H17BrN4/c15-12-3-6-14(17-9-12)19-10-11(8-18-19)2-1-7-16-13-4-5-13/h3,6,8-10,13,16H,1-2,4-5,7H2. The molecule has 0 aromatic carbocycles. The van der Waals surface area contributed by atoms with Gasteiger partial charge in [-0.2, -0.15) is 5.10 Å². The van der Waals surface area contributed by atoms with Crippen LogP contribution < -0.4 is 5.32 Å². The molecular weight excluding hydrogens is 304 g/mol. The number of nitrogens with zero attached hydrogens (tertiary/aromatic N) is 3. The van der Waals surface area contributed by atoms with Crippen LogP contribution in [0, 0.1) is 0 Å². The summed E-state index contributed by atoms with van der Waals surface area (Å²) in [6, 6.07) is 4.73. The number of aromatic nitrogens is 3. The maximum Gasteiger partial charge on any atom is 0.153 e. The molecule has 2 aromatic heterocycles. The lowest BCUT2D eigenvalue weighted by Crippen LogP contribution is -2.17. The third kappa shape index (κ3) is 3.64. The molecule has 0 aliphatic heterocycles. The minimum Gasteiger partial charge on any atom is -0.314 e. The average molecular weight is 321 g/mol. The Morgan fingerprint density at radius 1 is 1.32 bits per heavy atom. The van der Waals surface area contributed by atoms with E-state index in [-0.39, 0.29) is 0 Å². The molecular formula is C14H17BrN4. The molecule has 19 heavy (non-hydrogen) atoms. The number of rotatable bonds is 6. The first-order valence-corrected chi connectivity index (χ1v) is 7.49. The van der Waals surface area contributed by atoms with Crippen LogP contribution in [-0.2, 0) is 6.42 Å². The second-order valence-electron chi connectivity index (χ2n) is 4.96. The van der Waals surface area contributed by atoms with Gasteiger partial charge >= 0.3 is 0 Å². The van der Waals surface area contributed by atoms with Crippen LogP contribution in [0.4, 0.5) is 0 Å². The van der Waals surface area contributed by atoms with Gasteiger partial charge in [0.05, 0.1) is 6.20 Å². The Hall–Kier alpha value is -1.20. The molecule has 1 N–H and O–H groups in total. The zero-order chi connectivity index (χ0) is 13.1. The zero-order valence-corrected chi connectivity index (χ0v) is 12.3. The highest BCUT2D eigenvalue weighted by Crippen LogP contribution is 2.18. The van der Waals surface area contributed by atoms with Crippen LogP contribution >= 0.6 is 15.9 Å². The van der Waals surface area contributed by atoms with Crippen LogP contribution in [0.15, 0.2) is 35.2 Å². The maximum atomic E-state index is 4.36. The minimum absolute atomic E-state index is 0.801.